The minimum Gasteiger partial charge on any atom is -0.465 e. The number of anilines is 1. The molecule has 1 aromatic carbocycles. The maximum atomic E-state index is 11.1. The van der Waals surface area contributed by atoms with Crippen molar-refractivity contribution in [1.82, 2.24) is 4.98 Å². The summed E-state index contributed by atoms with van der Waals surface area (Å²) in [6, 6.07) is 5.81. The quantitative estimate of drug-likeness (QED) is 0.827. The summed E-state index contributed by atoms with van der Waals surface area (Å²) < 4.78 is 5.93. The number of hydrogen-bond donors (Lipinski definition) is 1. The molecule has 0 aliphatic carbocycles. The van der Waals surface area contributed by atoms with Crippen molar-refractivity contribution in [3.63, 3.8) is 0 Å². The van der Waals surface area contributed by atoms with Crippen LogP contribution in [-0.2, 0) is 9.53 Å². The topological polar surface area (TPSA) is 51.2 Å². The van der Waals surface area contributed by atoms with E-state index in [0.29, 0.717) is 6.61 Å². The highest BCUT2D eigenvalue weighted by atomic mass is 32.1. The Balaban J connectivity index is 2.01. The van der Waals surface area contributed by atoms with Gasteiger partial charge in [0.15, 0.2) is 0 Å². The normalized spacial score (nSPS) is 10.3. The number of hydrogen-bond acceptors (Lipinski definition) is 5. The maximum absolute atomic E-state index is 11.1. The molecule has 0 radical (unpaired) electrons. The molecule has 0 unspecified atom stereocenters. The number of carbonyl (C=O) groups excluding carboxylic acids is 1. The lowest BCUT2D eigenvalue weighted by atomic mass is 10.3. The van der Waals surface area contributed by atoms with Crippen LogP contribution in [0.3, 0.4) is 0 Å². The molecule has 1 heterocycles. The van der Waals surface area contributed by atoms with E-state index >= 15 is 0 Å². The first-order valence-electron chi connectivity index (χ1n) is 5.02. The van der Waals surface area contributed by atoms with Crippen LogP contribution >= 0.6 is 11.3 Å². The number of nitrogens with one attached hydrogen (secondary N) is 1. The summed E-state index contributed by atoms with van der Waals surface area (Å²) in [4.78, 5) is 15.3. The number of rotatable bonds is 4. The Morgan fingerprint density at radius 1 is 1.56 bits per heavy atom. The van der Waals surface area contributed by atoms with Crippen molar-refractivity contribution in [2.45, 2.75) is 6.92 Å². The highest BCUT2D eigenvalue weighted by Crippen LogP contribution is 2.21. The van der Waals surface area contributed by atoms with Crippen LogP contribution in [0.4, 0.5) is 5.69 Å². The van der Waals surface area contributed by atoms with Gasteiger partial charge in [-0.2, -0.15) is 0 Å². The fraction of sp³-hybridized carbons (Fsp3) is 0.273. The second kappa shape index (κ2) is 4.94. The highest BCUT2D eigenvalue weighted by Gasteiger charge is 2.02. The summed E-state index contributed by atoms with van der Waals surface area (Å²) in [6.45, 7) is 2.40. The third kappa shape index (κ3) is 2.49. The largest absolute Gasteiger partial charge is 0.465 e. The number of esters is 1. The van der Waals surface area contributed by atoms with Gasteiger partial charge in [-0.1, -0.05) is 0 Å². The molecule has 1 N–H and O–H groups in total. The first-order chi connectivity index (χ1) is 7.79. The molecule has 0 amide bonds. The molecule has 2 aromatic rings. The Hall–Kier alpha value is -1.62. The van der Waals surface area contributed by atoms with Crippen molar-refractivity contribution in [2.75, 3.05) is 18.5 Å². The maximum Gasteiger partial charge on any atom is 0.325 e. The monoisotopic (exact) mass is 236 g/mol. The highest BCUT2D eigenvalue weighted by molar-refractivity contribution is 7.16. The SMILES string of the molecule is CCOC(=O)CNc1ccc2ncsc2c1. The van der Waals surface area contributed by atoms with Crippen LogP contribution in [0.25, 0.3) is 10.2 Å². The number of thiazole rings is 1. The fourth-order valence-corrected chi connectivity index (χ4v) is 2.07. The minimum absolute atomic E-state index is 0.193. The van der Waals surface area contributed by atoms with Gasteiger partial charge in [-0.3, -0.25) is 4.79 Å². The Morgan fingerprint density at radius 3 is 3.25 bits per heavy atom. The summed E-state index contributed by atoms with van der Waals surface area (Å²) >= 11 is 1.58. The molecular formula is C11H12N2O2S. The molecule has 0 aliphatic rings. The predicted molar refractivity (Wildman–Crippen MR) is 64.7 cm³/mol. The summed E-state index contributed by atoms with van der Waals surface area (Å²) in [7, 11) is 0. The summed E-state index contributed by atoms with van der Waals surface area (Å²) in [5.74, 6) is -0.244. The first kappa shape index (κ1) is 10.9. The Morgan fingerprint density at radius 2 is 2.44 bits per heavy atom. The van der Waals surface area contributed by atoms with Gasteiger partial charge in [-0.25, -0.2) is 4.98 Å². The minimum atomic E-state index is -0.244. The van der Waals surface area contributed by atoms with Crippen LogP contribution in [0, 0.1) is 0 Å². The summed E-state index contributed by atoms with van der Waals surface area (Å²) in [6.07, 6.45) is 0. The third-order valence-corrected chi connectivity index (χ3v) is 2.87. The van der Waals surface area contributed by atoms with Gasteiger partial charge in [0.1, 0.15) is 6.54 Å². The van der Waals surface area contributed by atoms with Crippen molar-refractivity contribution in [2.24, 2.45) is 0 Å². The molecule has 84 valence electrons. The molecule has 0 aliphatic heterocycles. The second-order valence-electron chi connectivity index (χ2n) is 3.19. The standard InChI is InChI=1S/C11H12N2O2S/c1-2-15-11(14)6-12-8-3-4-9-10(5-8)16-7-13-9/h3-5,7,12H,2,6H2,1H3. The lowest BCUT2D eigenvalue weighted by Crippen LogP contribution is -2.16. The molecule has 0 atom stereocenters. The molecule has 0 bridgehead atoms. The number of fused-ring (bicyclic) bond motifs is 1. The van der Waals surface area contributed by atoms with E-state index in [-0.39, 0.29) is 12.5 Å². The molecule has 16 heavy (non-hydrogen) atoms. The van der Waals surface area contributed by atoms with Crippen molar-refractivity contribution >= 4 is 33.2 Å². The molecule has 4 nitrogen and oxygen atoms in total. The van der Waals surface area contributed by atoms with E-state index in [2.05, 4.69) is 10.3 Å². The molecule has 1 aromatic heterocycles. The molecular weight excluding hydrogens is 224 g/mol. The van der Waals surface area contributed by atoms with E-state index in [1.165, 1.54) is 0 Å². The van der Waals surface area contributed by atoms with Gasteiger partial charge in [0.05, 0.1) is 22.3 Å². The van der Waals surface area contributed by atoms with Crippen molar-refractivity contribution in [3.8, 4) is 0 Å². The van der Waals surface area contributed by atoms with E-state index in [4.69, 9.17) is 4.74 Å². The van der Waals surface area contributed by atoms with E-state index < -0.39 is 0 Å². The van der Waals surface area contributed by atoms with Crippen LogP contribution in [-0.4, -0.2) is 24.1 Å². The van der Waals surface area contributed by atoms with Crippen LogP contribution in [0.5, 0.6) is 0 Å². The van der Waals surface area contributed by atoms with Gasteiger partial charge in [0, 0.05) is 5.69 Å². The van der Waals surface area contributed by atoms with Crippen LogP contribution in [0.1, 0.15) is 6.92 Å². The number of aromatic nitrogens is 1. The molecule has 0 saturated carbocycles. The van der Waals surface area contributed by atoms with E-state index in [1.54, 1.807) is 23.8 Å². The first-order valence-corrected chi connectivity index (χ1v) is 5.90. The van der Waals surface area contributed by atoms with Gasteiger partial charge in [-0.05, 0) is 25.1 Å². The second-order valence-corrected chi connectivity index (χ2v) is 4.08. The smallest absolute Gasteiger partial charge is 0.325 e. The number of carbonyl (C=O) groups is 1. The van der Waals surface area contributed by atoms with E-state index in [0.717, 1.165) is 15.9 Å². The fourth-order valence-electron chi connectivity index (χ4n) is 1.35. The van der Waals surface area contributed by atoms with Gasteiger partial charge in [0.25, 0.3) is 0 Å². The van der Waals surface area contributed by atoms with Crippen molar-refractivity contribution in [1.29, 1.82) is 0 Å². The van der Waals surface area contributed by atoms with E-state index in [1.807, 2.05) is 18.2 Å². The zero-order chi connectivity index (χ0) is 11.4. The Bertz CT molecular complexity index is 495. The Labute approximate surface area is 97.3 Å². The third-order valence-electron chi connectivity index (χ3n) is 2.07. The van der Waals surface area contributed by atoms with Crippen molar-refractivity contribution < 1.29 is 9.53 Å². The Kier molecular flexibility index (Phi) is 3.36. The van der Waals surface area contributed by atoms with Crippen LogP contribution < -0.4 is 5.32 Å². The average molecular weight is 236 g/mol. The average Bonchev–Trinajstić information content (AvgIpc) is 2.74. The van der Waals surface area contributed by atoms with Gasteiger partial charge >= 0.3 is 5.97 Å². The summed E-state index contributed by atoms with van der Waals surface area (Å²) in [5, 5.41) is 3.02. The molecule has 0 saturated heterocycles. The number of benzene rings is 1. The lowest BCUT2D eigenvalue weighted by Gasteiger charge is -2.05. The molecule has 0 fully saturated rings. The zero-order valence-electron chi connectivity index (χ0n) is 8.90. The number of ether oxygens (including phenoxy) is 1. The van der Waals surface area contributed by atoms with Crippen molar-refractivity contribution in [3.05, 3.63) is 23.7 Å². The van der Waals surface area contributed by atoms with E-state index in [9.17, 15) is 4.79 Å². The molecule has 5 heteroatoms. The van der Waals surface area contributed by atoms with Crippen LogP contribution in [0.2, 0.25) is 0 Å². The van der Waals surface area contributed by atoms with Gasteiger partial charge in [-0.15, -0.1) is 11.3 Å². The van der Waals surface area contributed by atoms with Gasteiger partial charge in [0.2, 0.25) is 0 Å². The van der Waals surface area contributed by atoms with Crippen LogP contribution in [0.15, 0.2) is 23.7 Å². The lowest BCUT2D eigenvalue weighted by molar-refractivity contribution is -0.140. The zero-order valence-corrected chi connectivity index (χ0v) is 9.71. The summed E-state index contributed by atoms with van der Waals surface area (Å²) in [5.41, 5.74) is 3.69. The van der Waals surface area contributed by atoms with Gasteiger partial charge < -0.3 is 10.1 Å². The number of nitrogens with zero attached hydrogens (tertiary/aromatic N) is 1. The molecule has 0 spiro atoms. The molecule has 2 rings (SSSR count). The predicted octanol–water partition coefficient (Wildman–Crippen LogP) is 2.27.